The second-order valence-corrected chi connectivity index (χ2v) is 3.29. The van der Waals surface area contributed by atoms with E-state index in [1.165, 1.54) is 0 Å². The molecule has 1 aromatic rings. The van der Waals surface area contributed by atoms with Crippen LogP contribution in [0.4, 0.5) is 0 Å². The fourth-order valence-corrected chi connectivity index (χ4v) is 1.45. The molecule has 0 unspecified atom stereocenters. The summed E-state index contributed by atoms with van der Waals surface area (Å²) in [4.78, 5) is 15.0. The molecule has 76 valence electrons. The monoisotopic (exact) mass is 201 g/mol. The molecule has 0 saturated heterocycles. The van der Waals surface area contributed by atoms with Crippen LogP contribution in [0.15, 0.2) is 42.5 Å². The van der Waals surface area contributed by atoms with Gasteiger partial charge in [-0.05, 0) is 17.2 Å². The van der Waals surface area contributed by atoms with Crippen molar-refractivity contribution in [2.24, 2.45) is 5.73 Å². The normalized spacial score (nSPS) is 14.9. The van der Waals surface area contributed by atoms with Crippen LogP contribution in [-0.4, -0.2) is 10.9 Å². The molecule has 4 heteroatoms. The largest absolute Gasteiger partial charge is 0.367 e. The number of hydrogen-bond donors (Lipinski definition) is 2. The van der Waals surface area contributed by atoms with E-state index in [9.17, 15) is 4.79 Å². The third-order valence-electron chi connectivity index (χ3n) is 2.24. The highest BCUT2D eigenvalue weighted by Gasteiger charge is 2.12. The van der Waals surface area contributed by atoms with Gasteiger partial charge in [0.1, 0.15) is 0 Å². The Morgan fingerprint density at radius 3 is 3.00 bits per heavy atom. The molecule has 2 heterocycles. The number of pyridine rings is 1. The van der Waals surface area contributed by atoms with Gasteiger partial charge in [0.25, 0.3) is 0 Å². The smallest absolute Gasteiger partial charge is 0.246 e. The van der Waals surface area contributed by atoms with Gasteiger partial charge in [-0.15, -0.1) is 0 Å². The van der Waals surface area contributed by atoms with Crippen LogP contribution in [0.2, 0.25) is 0 Å². The van der Waals surface area contributed by atoms with E-state index in [0.29, 0.717) is 12.0 Å². The lowest BCUT2D eigenvalue weighted by atomic mass is 9.99. The van der Waals surface area contributed by atoms with E-state index in [-0.39, 0.29) is 0 Å². The summed E-state index contributed by atoms with van der Waals surface area (Å²) in [5.74, 6) is -0.392. The zero-order valence-electron chi connectivity index (χ0n) is 8.10. The predicted octanol–water partition coefficient (Wildman–Crippen LogP) is 0.785. The van der Waals surface area contributed by atoms with Gasteiger partial charge in [0.05, 0.1) is 0 Å². The first-order valence-corrected chi connectivity index (χ1v) is 4.62. The maximum absolute atomic E-state index is 11.0. The van der Waals surface area contributed by atoms with E-state index >= 15 is 0 Å². The maximum Gasteiger partial charge on any atom is 0.246 e. The lowest BCUT2D eigenvalue weighted by Crippen LogP contribution is -2.19. The molecule has 0 aromatic carbocycles. The Bertz CT molecular complexity index is 434. The third kappa shape index (κ3) is 2.04. The number of hydrogen-bond acceptors (Lipinski definition) is 3. The van der Waals surface area contributed by atoms with Gasteiger partial charge in [-0.3, -0.25) is 9.78 Å². The SMILES string of the molecule is NC(=O)C1=CNC=C(c2cccnc2)C1. The van der Waals surface area contributed by atoms with Crippen molar-refractivity contribution in [1.29, 1.82) is 0 Å². The summed E-state index contributed by atoms with van der Waals surface area (Å²) in [5, 5.41) is 2.91. The van der Waals surface area contributed by atoms with Gasteiger partial charge in [-0.25, -0.2) is 0 Å². The van der Waals surface area contributed by atoms with Gasteiger partial charge in [0.15, 0.2) is 0 Å². The molecule has 1 aromatic heterocycles. The summed E-state index contributed by atoms with van der Waals surface area (Å²) in [5.41, 5.74) is 7.81. The standard InChI is InChI=1S/C11H11N3O/c12-11(15)10-4-9(6-14-7-10)8-2-1-3-13-5-8/h1-3,5-7,14H,4H2,(H2,12,15). The number of amides is 1. The number of allylic oxidation sites excluding steroid dienone is 1. The average Bonchev–Trinajstić information content (AvgIpc) is 2.30. The van der Waals surface area contributed by atoms with E-state index in [4.69, 9.17) is 5.73 Å². The number of nitrogens with zero attached hydrogens (tertiary/aromatic N) is 1. The van der Waals surface area contributed by atoms with E-state index in [1.807, 2.05) is 18.3 Å². The highest BCUT2D eigenvalue weighted by molar-refractivity contribution is 5.95. The molecule has 0 spiro atoms. The minimum atomic E-state index is -0.392. The molecule has 0 radical (unpaired) electrons. The van der Waals surface area contributed by atoms with Crippen LogP contribution in [0.1, 0.15) is 12.0 Å². The van der Waals surface area contributed by atoms with Crippen molar-refractivity contribution in [2.75, 3.05) is 0 Å². The van der Waals surface area contributed by atoms with Crippen molar-refractivity contribution < 1.29 is 4.79 Å². The number of nitrogens with two attached hydrogens (primary N) is 1. The molecule has 4 nitrogen and oxygen atoms in total. The first-order valence-electron chi connectivity index (χ1n) is 4.62. The Balaban J connectivity index is 2.21. The van der Waals surface area contributed by atoms with Crippen LogP contribution in [-0.2, 0) is 4.79 Å². The lowest BCUT2D eigenvalue weighted by molar-refractivity contribution is -0.114. The molecular formula is C11H11N3O. The summed E-state index contributed by atoms with van der Waals surface area (Å²) < 4.78 is 0. The van der Waals surface area contributed by atoms with Crippen molar-refractivity contribution in [3.63, 3.8) is 0 Å². The van der Waals surface area contributed by atoms with Crippen LogP contribution in [0.25, 0.3) is 5.57 Å². The number of primary amides is 1. The second kappa shape index (κ2) is 3.96. The van der Waals surface area contributed by atoms with Crippen molar-refractivity contribution in [2.45, 2.75) is 6.42 Å². The maximum atomic E-state index is 11.0. The van der Waals surface area contributed by atoms with Crippen molar-refractivity contribution in [3.05, 3.63) is 48.1 Å². The Labute approximate surface area is 87.5 Å². The summed E-state index contributed by atoms with van der Waals surface area (Å²) in [6.07, 6.45) is 7.50. The van der Waals surface area contributed by atoms with Gasteiger partial charge in [-0.1, -0.05) is 6.07 Å². The number of dihydropyridines is 1. The molecule has 0 bridgehead atoms. The molecule has 1 amide bonds. The van der Waals surface area contributed by atoms with Gasteiger partial charge in [-0.2, -0.15) is 0 Å². The molecular weight excluding hydrogens is 190 g/mol. The molecule has 2 rings (SSSR count). The number of carbonyl (C=O) groups is 1. The molecule has 3 N–H and O–H groups in total. The zero-order valence-corrected chi connectivity index (χ0v) is 8.10. The summed E-state index contributed by atoms with van der Waals surface area (Å²) in [6.45, 7) is 0. The highest BCUT2D eigenvalue weighted by atomic mass is 16.1. The van der Waals surface area contributed by atoms with Crippen molar-refractivity contribution >= 4 is 11.5 Å². The topological polar surface area (TPSA) is 68.0 Å². The van der Waals surface area contributed by atoms with Crippen molar-refractivity contribution in [3.8, 4) is 0 Å². The first-order chi connectivity index (χ1) is 7.27. The van der Waals surface area contributed by atoms with Gasteiger partial charge in [0.2, 0.25) is 5.91 Å². The Hall–Kier alpha value is -2.10. The zero-order chi connectivity index (χ0) is 10.7. The fourth-order valence-electron chi connectivity index (χ4n) is 1.45. The number of carbonyl (C=O) groups excluding carboxylic acids is 1. The minimum absolute atomic E-state index is 0.392. The number of aromatic nitrogens is 1. The Morgan fingerprint density at radius 2 is 2.33 bits per heavy atom. The number of nitrogens with one attached hydrogen (secondary N) is 1. The van der Waals surface area contributed by atoms with Crippen molar-refractivity contribution in [1.82, 2.24) is 10.3 Å². The lowest BCUT2D eigenvalue weighted by Gasteiger charge is -2.13. The minimum Gasteiger partial charge on any atom is -0.367 e. The van der Waals surface area contributed by atoms with E-state index < -0.39 is 5.91 Å². The van der Waals surface area contributed by atoms with Crippen LogP contribution in [0, 0.1) is 0 Å². The van der Waals surface area contributed by atoms with Crippen LogP contribution < -0.4 is 11.1 Å². The predicted molar refractivity (Wildman–Crippen MR) is 57.2 cm³/mol. The number of rotatable bonds is 2. The molecule has 0 atom stereocenters. The summed E-state index contributed by atoms with van der Waals surface area (Å²) in [6, 6.07) is 3.81. The first kappa shape index (κ1) is 9.45. The van der Waals surface area contributed by atoms with Gasteiger partial charge >= 0.3 is 0 Å². The molecule has 1 aliphatic rings. The van der Waals surface area contributed by atoms with E-state index in [2.05, 4.69) is 10.3 Å². The van der Waals surface area contributed by atoms with Gasteiger partial charge in [0, 0.05) is 36.8 Å². The summed E-state index contributed by atoms with van der Waals surface area (Å²) >= 11 is 0. The van der Waals surface area contributed by atoms with Crippen LogP contribution in [0.5, 0.6) is 0 Å². The Morgan fingerprint density at radius 1 is 1.47 bits per heavy atom. The third-order valence-corrected chi connectivity index (χ3v) is 2.24. The van der Waals surface area contributed by atoms with E-state index in [1.54, 1.807) is 18.6 Å². The average molecular weight is 201 g/mol. The highest BCUT2D eigenvalue weighted by Crippen LogP contribution is 2.22. The molecule has 0 aliphatic carbocycles. The van der Waals surface area contributed by atoms with Gasteiger partial charge < -0.3 is 11.1 Å². The molecule has 0 fully saturated rings. The second-order valence-electron chi connectivity index (χ2n) is 3.29. The van der Waals surface area contributed by atoms with Crippen LogP contribution in [0.3, 0.4) is 0 Å². The quantitative estimate of drug-likeness (QED) is 0.743. The molecule has 1 aliphatic heterocycles. The van der Waals surface area contributed by atoms with Crippen LogP contribution >= 0.6 is 0 Å². The Kier molecular flexibility index (Phi) is 2.49. The van der Waals surface area contributed by atoms with E-state index in [0.717, 1.165) is 11.1 Å². The molecule has 0 saturated carbocycles. The molecule has 15 heavy (non-hydrogen) atoms. The fraction of sp³-hybridized carbons (Fsp3) is 0.0909. The summed E-state index contributed by atoms with van der Waals surface area (Å²) in [7, 11) is 0.